The maximum Gasteiger partial charge on any atom is 2.00 e. The molecular weight excluding hydrogens is 212 g/mol. The maximum absolute atomic E-state index is 8.25. The Bertz CT molecular complexity index is 109. The molecule has 0 aliphatic carbocycles. The molecule has 0 saturated carbocycles. The summed E-state index contributed by atoms with van der Waals surface area (Å²) in [5, 5.41) is 17.6. The van der Waals surface area contributed by atoms with Crippen molar-refractivity contribution in [3.63, 3.8) is 0 Å². The Balaban J connectivity index is -0.0000000910. The molecule has 0 spiro atoms. The molecule has 0 aromatic rings. The molecule has 9 heteroatoms. The van der Waals surface area contributed by atoms with Crippen LogP contribution >= 0.6 is 0 Å². The molecular formula is CH4CuN4O3S. The van der Waals surface area contributed by atoms with Gasteiger partial charge in [-0.2, -0.15) is 5.10 Å². The summed E-state index contributed by atoms with van der Waals surface area (Å²) in [5.41, 5.74) is 4.73. The fraction of sp³-hybridized carbons (Fsp3) is 0. The van der Waals surface area contributed by atoms with E-state index >= 15 is 0 Å². The molecule has 1 radical (unpaired) electrons. The van der Waals surface area contributed by atoms with Gasteiger partial charge >= 0.3 is 17.1 Å². The first-order valence-corrected chi connectivity index (χ1v) is 1.93. The van der Waals surface area contributed by atoms with Crippen molar-refractivity contribution in [3.05, 3.63) is 15.3 Å². The largest absolute Gasteiger partial charge is 2.00 e. The van der Waals surface area contributed by atoms with Crippen LogP contribution in [0.1, 0.15) is 0 Å². The van der Waals surface area contributed by atoms with E-state index in [-0.39, 0.29) is 22.2 Å². The molecule has 0 aliphatic heterocycles. The van der Waals surface area contributed by atoms with Crippen molar-refractivity contribution < 1.29 is 22.2 Å². The number of nitrogens with two attached hydrogens (primary N) is 2. The predicted octanol–water partition coefficient (Wildman–Crippen LogP) is -1.52. The number of amidine groups is 1. The van der Waals surface area contributed by atoms with Gasteiger partial charge in [0.25, 0.3) is 0 Å². The number of nitrogens with zero attached hydrogens (tertiary/aromatic N) is 2. The van der Waals surface area contributed by atoms with Gasteiger partial charge in [-0.1, -0.05) is 0 Å². The topological polar surface area (TPSA) is 131 Å². The number of rotatable bonds is 0. The van der Waals surface area contributed by atoms with E-state index in [2.05, 4.69) is 23.6 Å². The minimum Gasteiger partial charge on any atom is -0.741 e. The van der Waals surface area contributed by atoms with Crippen LogP contribution in [-0.2, 0) is 29.7 Å². The van der Waals surface area contributed by atoms with Gasteiger partial charge in [0.05, 0.1) is 5.09 Å². The van der Waals surface area contributed by atoms with Gasteiger partial charge in [0.1, 0.15) is 0 Å². The van der Waals surface area contributed by atoms with Gasteiger partial charge in [-0.25, -0.2) is 0 Å². The van der Waals surface area contributed by atoms with Crippen LogP contribution in [-0.4, -0.2) is 10.3 Å². The van der Waals surface area contributed by atoms with Crippen LogP contribution in [0.25, 0.3) is 0 Å². The number of hydrazone groups is 1. The van der Waals surface area contributed by atoms with Crippen molar-refractivity contribution in [1.29, 1.82) is 0 Å². The first kappa shape index (κ1) is 16.1. The number of hydrogen-bond donors (Lipinski definition) is 2. The van der Waals surface area contributed by atoms with Crippen LogP contribution in [0.5, 0.6) is 0 Å². The summed E-state index contributed by atoms with van der Waals surface area (Å²) in [5.74, 6) is 4.53. The Morgan fingerprint density at radius 2 is 1.70 bits per heavy atom. The fourth-order valence-corrected chi connectivity index (χ4v) is 0. The molecule has 0 amide bonds. The van der Waals surface area contributed by atoms with Crippen molar-refractivity contribution in [2.75, 3.05) is 0 Å². The van der Waals surface area contributed by atoms with E-state index in [4.69, 9.17) is 21.1 Å². The standard InChI is InChI=1S/CH5N3S.Cu.NO3/c2-1(5)4-3;;2-1(3)4/h3H2,(H3,2,4,5);;/q;+2;-1/p-1. The maximum atomic E-state index is 8.25. The zero-order chi connectivity index (χ0) is 7.86. The average Bonchev–Trinajstić information content (AvgIpc) is 1.65. The zero-order valence-electron chi connectivity index (χ0n) is 4.48. The van der Waals surface area contributed by atoms with Crippen molar-refractivity contribution in [2.24, 2.45) is 16.7 Å². The second-order valence-corrected chi connectivity index (χ2v) is 1.11. The summed E-state index contributed by atoms with van der Waals surface area (Å²) in [6.45, 7) is 0. The van der Waals surface area contributed by atoms with Gasteiger partial charge in [0.15, 0.2) is 0 Å². The minimum absolute atomic E-state index is 0. The van der Waals surface area contributed by atoms with Crippen LogP contribution in [0, 0.1) is 15.3 Å². The normalized spacial score (nSPS) is 8.20. The van der Waals surface area contributed by atoms with Crippen molar-refractivity contribution >= 4 is 17.8 Å². The van der Waals surface area contributed by atoms with Crippen molar-refractivity contribution in [1.82, 2.24) is 0 Å². The smallest absolute Gasteiger partial charge is 0.741 e. The van der Waals surface area contributed by atoms with Gasteiger partial charge in [0.2, 0.25) is 0 Å². The first-order valence-electron chi connectivity index (χ1n) is 1.52. The minimum atomic E-state index is -1.75. The summed E-state index contributed by atoms with van der Waals surface area (Å²) < 4.78 is 0. The molecule has 0 unspecified atom stereocenters. The fourth-order valence-electron chi connectivity index (χ4n) is 0. The van der Waals surface area contributed by atoms with E-state index in [1.54, 1.807) is 0 Å². The molecule has 10 heavy (non-hydrogen) atoms. The summed E-state index contributed by atoms with van der Waals surface area (Å²) in [6.07, 6.45) is 0. The molecule has 0 atom stereocenters. The van der Waals surface area contributed by atoms with Crippen LogP contribution in [0.2, 0.25) is 0 Å². The Morgan fingerprint density at radius 1 is 1.60 bits per heavy atom. The van der Waals surface area contributed by atoms with Crippen molar-refractivity contribution in [2.45, 2.75) is 0 Å². The van der Waals surface area contributed by atoms with Crippen LogP contribution in [0.4, 0.5) is 0 Å². The van der Waals surface area contributed by atoms with Gasteiger partial charge in [-0.3, -0.25) is 0 Å². The molecule has 0 fully saturated rings. The van der Waals surface area contributed by atoms with Crippen LogP contribution < -0.4 is 11.6 Å². The third-order valence-electron chi connectivity index (χ3n) is 0.127. The molecule has 0 saturated heterocycles. The van der Waals surface area contributed by atoms with Gasteiger partial charge in [-0.05, 0) is 5.17 Å². The molecule has 0 aromatic heterocycles. The summed E-state index contributed by atoms with van der Waals surface area (Å²) >= 11 is 4.18. The Kier molecular flexibility index (Phi) is 17.8. The summed E-state index contributed by atoms with van der Waals surface area (Å²) in [7, 11) is 0. The van der Waals surface area contributed by atoms with E-state index < -0.39 is 5.09 Å². The molecule has 0 aliphatic rings. The van der Waals surface area contributed by atoms with E-state index in [0.717, 1.165) is 0 Å². The SMILES string of the molecule is N/N=C(/N)[S-].O=[N+]([O-])[O-].[Cu+2]. The molecule has 4 N–H and O–H groups in total. The predicted molar refractivity (Wildman–Crippen MR) is 33.5 cm³/mol. The number of hydrogen-bond acceptors (Lipinski definition) is 6. The Labute approximate surface area is 72.4 Å². The van der Waals surface area contributed by atoms with Crippen molar-refractivity contribution in [3.8, 4) is 0 Å². The van der Waals surface area contributed by atoms with E-state index in [0.29, 0.717) is 0 Å². The quantitative estimate of drug-likeness (QED) is 0.0960. The first-order chi connectivity index (χ1) is 4.00. The second-order valence-electron chi connectivity index (χ2n) is 0.691. The molecule has 0 rings (SSSR count). The van der Waals surface area contributed by atoms with Crippen LogP contribution in [0.3, 0.4) is 0 Å². The van der Waals surface area contributed by atoms with Gasteiger partial charge in [-0.15, -0.1) is 0 Å². The summed E-state index contributed by atoms with van der Waals surface area (Å²) in [6, 6.07) is 0. The van der Waals surface area contributed by atoms with E-state index in [9.17, 15) is 0 Å². The average molecular weight is 216 g/mol. The Morgan fingerprint density at radius 3 is 1.70 bits per heavy atom. The van der Waals surface area contributed by atoms with Gasteiger partial charge in [0, 0.05) is 0 Å². The summed E-state index contributed by atoms with van der Waals surface area (Å²) in [4.78, 5) is 8.25. The molecule has 0 aromatic carbocycles. The third-order valence-corrected chi connectivity index (χ3v) is 0.233. The molecule has 0 bridgehead atoms. The van der Waals surface area contributed by atoms with E-state index in [1.165, 1.54) is 0 Å². The monoisotopic (exact) mass is 215 g/mol. The molecule has 0 heterocycles. The molecule has 7 nitrogen and oxygen atoms in total. The van der Waals surface area contributed by atoms with Crippen LogP contribution in [0.15, 0.2) is 5.10 Å². The van der Waals surface area contributed by atoms with Gasteiger partial charge < -0.3 is 39.5 Å². The Hall–Kier alpha value is -0.791. The molecule has 63 valence electrons. The van der Waals surface area contributed by atoms with E-state index in [1.807, 2.05) is 0 Å². The third kappa shape index (κ3) is 190. The zero-order valence-corrected chi connectivity index (χ0v) is 6.24. The second kappa shape index (κ2) is 11.1.